The molecule has 2 N–H and O–H groups in total. The Labute approximate surface area is 120 Å². The molecule has 1 aliphatic heterocycles. The van der Waals surface area contributed by atoms with Crippen LogP contribution in [0.2, 0.25) is 5.02 Å². The molecule has 1 aromatic carbocycles. The monoisotopic (exact) mass is 293 g/mol. The fourth-order valence-electron chi connectivity index (χ4n) is 2.44. The summed E-state index contributed by atoms with van der Waals surface area (Å²) in [4.78, 5) is 18.4. The van der Waals surface area contributed by atoms with Crippen LogP contribution in [0.3, 0.4) is 0 Å². The summed E-state index contributed by atoms with van der Waals surface area (Å²) in [6.07, 6.45) is 2.82. The summed E-state index contributed by atoms with van der Waals surface area (Å²) in [5.41, 5.74) is 1.73. The van der Waals surface area contributed by atoms with Crippen molar-refractivity contribution in [1.29, 1.82) is 0 Å². The molecule has 0 amide bonds. The molecule has 0 spiro atoms. The third-order valence-electron chi connectivity index (χ3n) is 3.38. The lowest BCUT2D eigenvalue weighted by Crippen LogP contribution is -2.17. The van der Waals surface area contributed by atoms with E-state index >= 15 is 0 Å². The van der Waals surface area contributed by atoms with Gasteiger partial charge in [0.15, 0.2) is 0 Å². The Kier molecular flexibility index (Phi) is 3.44. The topological polar surface area (TPSA) is 57.8 Å². The van der Waals surface area contributed by atoms with E-state index in [1.807, 2.05) is 0 Å². The highest BCUT2D eigenvalue weighted by molar-refractivity contribution is 6.33. The molecule has 0 fully saturated rings. The number of hydrogen-bond acceptors (Lipinski definition) is 3. The maximum absolute atomic E-state index is 13.2. The van der Waals surface area contributed by atoms with Gasteiger partial charge in [-0.25, -0.2) is 9.18 Å². The predicted molar refractivity (Wildman–Crippen MR) is 76.7 cm³/mol. The second-order valence-electron chi connectivity index (χ2n) is 4.75. The summed E-state index contributed by atoms with van der Waals surface area (Å²) < 4.78 is 13.2. The molecule has 104 valence electrons. The van der Waals surface area contributed by atoms with Crippen LogP contribution in [0.1, 0.15) is 18.4 Å². The zero-order valence-corrected chi connectivity index (χ0v) is 11.4. The van der Waals surface area contributed by atoms with Crippen molar-refractivity contribution in [2.24, 2.45) is 0 Å². The molecular formula is C14H13ClFN3O. The first-order valence-electron chi connectivity index (χ1n) is 6.47. The van der Waals surface area contributed by atoms with Crippen LogP contribution in [-0.2, 0) is 6.42 Å². The molecule has 1 aliphatic rings. The van der Waals surface area contributed by atoms with E-state index < -0.39 is 11.5 Å². The fraction of sp³-hybridized carbons (Fsp3) is 0.286. The minimum Gasteiger partial charge on any atom is -0.370 e. The average Bonchev–Trinajstić information content (AvgIpc) is 2.63. The Balaban J connectivity index is 2.22. The number of nitrogens with one attached hydrogen (secondary N) is 2. The minimum absolute atomic E-state index is 0.276. The normalized spacial score (nSPS) is 14.3. The van der Waals surface area contributed by atoms with E-state index in [4.69, 9.17) is 11.6 Å². The van der Waals surface area contributed by atoms with Crippen LogP contribution in [0.25, 0.3) is 11.3 Å². The van der Waals surface area contributed by atoms with Gasteiger partial charge in [0.25, 0.3) is 0 Å². The highest BCUT2D eigenvalue weighted by Gasteiger charge is 2.17. The summed E-state index contributed by atoms with van der Waals surface area (Å²) in [6.45, 7) is 0.792. The van der Waals surface area contributed by atoms with Crippen molar-refractivity contribution in [3.8, 4) is 11.3 Å². The van der Waals surface area contributed by atoms with Crippen LogP contribution in [0, 0.1) is 5.82 Å². The number of hydrogen-bond donors (Lipinski definition) is 2. The molecule has 2 aromatic rings. The summed E-state index contributed by atoms with van der Waals surface area (Å²) >= 11 is 6.10. The Morgan fingerprint density at radius 2 is 2.15 bits per heavy atom. The molecule has 0 radical (unpaired) electrons. The van der Waals surface area contributed by atoms with Gasteiger partial charge in [0.1, 0.15) is 11.6 Å². The maximum Gasteiger partial charge on any atom is 0.347 e. The van der Waals surface area contributed by atoms with Crippen LogP contribution in [0.5, 0.6) is 0 Å². The number of anilines is 1. The van der Waals surface area contributed by atoms with Crippen molar-refractivity contribution in [3.63, 3.8) is 0 Å². The number of H-pyrrole nitrogens is 1. The maximum atomic E-state index is 13.2. The van der Waals surface area contributed by atoms with Crippen molar-refractivity contribution in [2.45, 2.75) is 19.3 Å². The molecule has 6 heteroatoms. The van der Waals surface area contributed by atoms with E-state index in [0.717, 1.165) is 31.4 Å². The molecule has 0 saturated carbocycles. The molecule has 1 aromatic heterocycles. The van der Waals surface area contributed by atoms with Crippen LogP contribution in [0.15, 0.2) is 23.0 Å². The fourth-order valence-corrected chi connectivity index (χ4v) is 2.70. The standard InChI is InChI=1S/C14H13ClFN3O/c15-11-7-8(16)4-5-9(11)12-10-3-1-2-6-17-13(10)19-14(20)18-12/h4-5,7H,1-3,6H2,(H2,17,18,19,20). The first-order chi connectivity index (χ1) is 9.65. The smallest absolute Gasteiger partial charge is 0.347 e. The van der Waals surface area contributed by atoms with E-state index in [1.165, 1.54) is 12.1 Å². The lowest BCUT2D eigenvalue weighted by Gasteiger charge is -2.12. The number of halogens is 2. The van der Waals surface area contributed by atoms with E-state index in [2.05, 4.69) is 15.3 Å². The molecule has 0 saturated heterocycles. The molecule has 0 unspecified atom stereocenters. The van der Waals surface area contributed by atoms with Gasteiger partial charge >= 0.3 is 5.69 Å². The largest absolute Gasteiger partial charge is 0.370 e. The Bertz CT molecular complexity index is 714. The number of aromatic nitrogens is 2. The van der Waals surface area contributed by atoms with Crippen LogP contribution in [-0.4, -0.2) is 16.5 Å². The van der Waals surface area contributed by atoms with Crippen LogP contribution in [0.4, 0.5) is 10.2 Å². The first kappa shape index (κ1) is 13.1. The zero-order chi connectivity index (χ0) is 14.1. The van der Waals surface area contributed by atoms with Gasteiger partial charge in [0.2, 0.25) is 0 Å². The summed E-state index contributed by atoms with van der Waals surface area (Å²) in [6, 6.07) is 4.15. The van der Waals surface area contributed by atoms with Crippen molar-refractivity contribution < 1.29 is 4.39 Å². The SMILES string of the molecule is O=c1nc2c(c(-c3ccc(F)cc3Cl)[nH]1)CCCCN2. The van der Waals surface area contributed by atoms with Crippen molar-refractivity contribution in [2.75, 3.05) is 11.9 Å². The molecule has 3 rings (SSSR count). The Hall–Kier alpha value is -1.88. The summed E-state index contributed by atoms with van der Waals surface area (Å²) in [5.74, 6) is 0.195. The second-order valence-corrected chi connectivity index (χ2v) is 5.16. The highest BCUT2D eigenvalue weighted by atomic mass is 35.5. The number of benzene rings is 1. The van der Waals surface area contributed by atoms with Gasteiger partial charge in [0.05, 0.1) is 10.7 Å². The number of rotatable bonds is 1. The van der Waals surface area contributed by atoms with Gasteiger partial charge in [-0.2, -0.15) is 4.98 Å². The molecule has 0 atom stereocenters. The first-order valence-corrected chi connectivity index (χ1v) is 6.85. The van der Waals surface area contributed by atoms with E-state index in [1.54, 1.807) is 6.07 Å². The Morgan fingerprint density at radius 1 is 1.30 bits per heavy atom. The predicted octanol–water partition coefficient (Wildman–Crippen LogP) is 2.98. The van der Waals surface area contributed by atoms with Crippen molar-refractivity contribution >= 4 is 17.4 Å². The summed E-state index contributed by atoms with van der Waals surface area (Å²) in [5, 5.41) is 3.43. The Morgan fingerprint density at radius 3 is 2.95 bits per heavy atom. The van der Waals surface area contributed by atoms with E-state index in [-0.39, 0.29) is 5.02 Å². The lowest BCUT2D eigenvalue weighted by atomic mass is 10.0. The van der Waals surface area contributed by atoms with Gasteiger partial charge in [-0.3, -0.25) is 0 Å². The van der Waals surface area contributed by atoms with Gasteiger partial charge in [-0.15, -0.1) is 0 Å². The average molecular weight is 294 g/mol. The van der Waals surface area contributed by atoms with Crippen molar-refractivity contribution in [3.05, 3.63) is 45.1 Å². The van der Waals surface area contributed by atoms with Crippen molar-refractivity contribution in [1.82, 2.24) is 9.97 Å². The third kappa shape index (κ3) is 2.41. The zero-order valence-electron chi connectivity index (χ0n) is 10.7. The number of aromatic amines is 1. The van der Waals surface area contributed by atoms with Gasteiger partial charge in [-0.05, 0) is 37.5 Å². The molecule has 0 aliphatic carbocycles. The quantitative estimate of drug-likeness (QED) is 0.850. The molecule has 0 bridgehead atoms. The molecule has 2 heterocycles. The van der Waals surface area contributed by atoms with Gasteiger partial charge in [0, 0.05) is 17.7 Å². The third-order valence-corrected chi connectivity index (χ3v) is 3.69. The number of fused-ring (bicyclic) bond motifs is 1. The van der Waals surface area contributed by atoms with E-state index in [0.29, 0.717) is 17.1 Å². The molecular weight excluding hydrogens is 281 g/mol. The lowest BCUT2D eigenvalue weighted by molar-refractivity contribution is 0.628. The van der Waals surface area contributed by atoms with Gasteiger partial charge < -0.3 is 10.3 Å². The summed E-state index contributed by atoms with van der Waals surface area (Å²) in [7, 11) is 0. The van der Waals surface area contributed by atoms with Crippen LogP contribution < -0.4 is 11.0 Å². The molecule has 20 heavy (non-hydrogen) atoms. The van der Waals surface area contributed by atoms with Crippen LogP contribution >= 0.6 is 11.6 Å². The number of nitrogens with zero attached hydrogens (tertiary/aromatic N) is 1. The molecule has 4 nitrogen and oxygen atoms in total. The van der Waals surface area contributed by atoms with Gasteiger partial charge in [-0.1, -0.05) is 11.6 Å². The van der Waals surface area contributed by atoms with E-state index in [9.17, 15) is 9.18 Å². The highest BCUT2D eigenvalue weighted by Crippen LogP contribution is 2.32. The minimum atomic E-state index is -0.437. The second kappa shape index (κ2) is 5.25.